The molecule has 0 atom stereocenters. The lowest BCUT2D eigenvalue weighted by atomic mass is 10.1. The second kappa shape index (κ2) is 5.48. The van der Waals surface area contributed by atoms with E-state index in [1.54, 1.807) is 0 Å². The number of nitrogens with zero attached hydrogens (tertiary/aromatic N) is 2. The fraction of sp³-hybridized carbons (Fsp3) is 0.214. The number of nitriles is 1. The molecule has 0 spiro atoms. The van der Waals surface area contributed by atoms with E-state index >= 15 is 0 Å². The van der Waals surface area contributed by atoms with E-state index < -0.39 is 0 Å². The predicted molar refractivity (Wildman–Crippen MR) is 67.4 cm³/mol. The van der Waals surface area contributed by atoms with E-state index in [2.05, 4.69) is 6.07 Å². The van der Waals surface area contributed by atoms with Crippen molar-refractivity contribution < 1.29 is 4.39 Å². The van der Waals surface area contributed by atoms with Crippen LogP contribution in [0.15, 0.2) is 36.5 Å². The quantitative estimate of drug-likeness (QED) is 0.893. The molecule has 0 unspecified atom stereocenters. The highest BCUT2D eigenvalue weighted by Crippen LogP contribution is 2.14. The van der Waals surface area contributed by atoms with E-state index in [0.717, 1.165) is 12.1 Å². The van der Waals surface area contributed by atoms with E-state index in [1.807, 2.05) is 22.9 Å². The summed E-state index contributed by atoms with van der Waals surface area (Å²) in [7, 11) is 0. The maximum atomic E-state index is 13.2. The normalized spacial score (nSPS) is 10.3. The van der Waals surface area contributed by atoms with Crippen molar-refractivity contribution in [3.05, 3.63) is 59.2 Å². The molecule has 2 aromatic rings. The highest BCUT2D eigenvalue weighted by Gasteiger charge is 2.06. The first-order chi connectivity index (χ1) is 8.74. The third-order valence-corrected chi connectivity index (χ3v) is 2.85. The standard InChI is InChI=1S/C14H14FN3/c15-13-4-3-11(9-17)12(8-13)10-18-7-1-2-14(18)5-6-16/h1-4,7-8H,5-6,10,16H2. The average molecular weight is 243 g/mol. The monoisotopic (exact) mass is 243 g/mol. The molecule has 0 saturated carbocycles. The molecule has 92 valence electrons. The van der Waals surface area contributed by atoms with Gasteiger partial charge in [-0.1, -0.05) is 0 Å². The van der Waals surface area contributed by atoms with Crippen LogP contribution in [0.5, 0.6) is 0 Å². The van der Waals surface area contributed by atoms with Crippen molar-refractivity contribution in [3.8, 4) is 6.07 Å². The molecule has 1 heterocycles. The van der Waals surface area contributed by atoms with Crippen LogP contribution < -0.4 is 5.73 Å². The number of benzene rings is 1. The Bertz CT molecular complexity index is 581. The first-order valence-electron chi connectivity index (χ1n) is 5.77. The molecule has 0 amide bonds. The molecule has 2 rings (SSSR count). The first-order valence-corrected chi connectivity index (χ1v) is 5.77. The second-order valence-electron chi connectivity index (χ2n) is 4.08. The first kappa shape index (κ1) is 12.3. The Hall–Kier alpha value is -2.12. The molecular formula is C14H14FN3. The second-order valence-corrected chi connectivity index (χ2v) is 4.08. The van der Waals surface area contributed by atoms with Crippen molar-refractivity contribution in [2.45, 2.75) is 13.0 Å². The van der Waals surface area contributed by atoms with E-state index in [4.69, 9.17) is 11.0 Å². The molecular weight excluding hydrogens is 229 g/mol. The summed E-state index contributed by atoms with van der Waals surface area (Å²) in [6, 6.07) is 10.2. The van der Waals surface area contributed by atoms with Crippen LogP contribution in [0.3, 0.4) is 0 Å². The van der Waals surface area contributed by atoms with Gasteiger partial charge in [-0.25, -0.2) is 4.39 Å². The molecule has 1 aromatic heterocycles. The highest BCUT2D eigenvalue weighted by molar-refractivity contribution is 5.38. The molecule has 0 bridgehead atoms. The molecule has 0 aliphatic rings. The smallest absolute Gasteiger partial charge is 0.123 e. The van der Waals surface area contributed by atoms with E-state index in [9.17, 15) is 4.39 Å². The number of aromatic nitrogens is 1. The molecule has 0 radical (unpaired) electrons. The van der Waals surface area contributed by atoms with Crippen molar-refractivity contribution in [2.24, 2.45) is 5.73 Å². The highest BCUT2D eigenvalue weighted by atomic mass is 19.1. The molecule has 1 aromatic carbocycles. The van der Waals surface area contributed by atoms with Gasteiger partial charge in [0.25, 0.3) is 0 Å². The molecule has 0 fully saturated rings. The largest absolute Gasteiger partial charge is 0.347 e. The van der Waals surface area contributed by atoms with Gasteiger partial charge in [-0.15, -0.1) is 0 Å². The summed E-state index contributed by atoms with van der Waals surface area (Å²) in [5.74, 6) is -0.323. The summed E-state index contributed by atoms with van der Waals surface area (Å²) in [5.41, 5.74) is 7.82. The lowest BCUT2D eigenvalue weighted by Gasteiger charge is -2.10. The summed E-state index contributed by atoms with van der Waals surface area (Å²) < 4.78 is 15.2. The van der Waals surface area contributed by atoms with Gasteiger partial charge in [0.2, 0.25) is 0 Å². The molecule has 0 aliphatic carbocycles. The van der Waals surface area contributed by atoms with E-state index in [0.29, 0.717) is 24.2 Å². The maximum Gasteiger partial charge on any atom is 0.123 e. The number of rotatable bonds is 4. The summed E-state index contributed by atoms with van der Waals surface area (Å²) in [6.45, 7) is 1.06. The van der Waals surface area contributed by atoms with Gasteiger partial charge in [0.1, 0.15) is 5.82 Å². The fourth-order valence-corrected chi connectivity index (χ4v) is 1.96. The van der Waals surface area contributed by atoms with Crippen LogP contribution in [-0.4, -0.2) is 11.1 Å². The van der Waals surface area contributed by atoms with Crippen molar-refractivity contribution in [2.75, 3.05) is 6.54 Å². The van der Waals surface area contributed by atoms with Gasteiger partial charge in [0.05, 0.1) is 11.6 Å². The Kier molecular flexibility index (Phi) is 3.75. The van der Waals surface area contributed by atoms with Gasteiger partial charge in [-0.3, -0.25) is 0 Å². The molecule has 0 aliphatic heterocycles. The number of nitrogens with two attached hydrogens (primary N) is 1. The van der Waals surface area contributed by atoms with Gasteiger partial charge >= 0.3 is 0 Å². The van der Waals surface area contributed by atoms with Gasteiger partial charge in [0.15, 0.2) is 0 Å². The molecule has 0 saturated heterocycles. The summed E-state index contributed by atoms with van der Waals surface area (Å²) in [6.07, 6.45) is 2.68. The molecule has 18 heavy (non-hydrogen) atoms. The minimum Gasteiger partial charge on any atom is -0.347 e. The zero-order chi connectivity index (χ0) is 13.0. The van der Waals surface area contributed by atoms with Gasteiger partial charge in [-0.05, 0) is 48.9 Å². The van der Waals surface area contributed by atoms with E-state index in [-0.39, 0.29) is 5.82 Å². The zero-order valence-electron chi connectivity index (χ0n) is 9.94. The van der Waals surface area contributed by atoms with Crippen LogP contribution in [0.25, 0.3) is 0 Å². The van der Waals surface area contributed by atoms with Crippen molar-refractivity contribution in [1.82, 2.24) is 4.57 Å². The topological polar surface area (TPSA) is 54.7 Å². The SMILES string of the molecule is N#Cc1ccc(F)cc1Cn1cccc1CCN. The zero-order valence-corrected chi connectivity index (χ0v) is 9.94. The van der Waals surface area contributed by atoms with E-state index in [1.165, 1.54) is 18.2 Å². The van der Waals surface area contributed by atoms with Crippen LogP contribution in [0, 0.1) is 17.1 Å². The molecule has 2 N–H and O–H groups in total. The Balaban J connectivity index is 2.31. The number of hydrogen-bond acceptors (Lipinski definition) is 2. The molecule has 4 heteroatoms. The summed E-state index contributed by atoms with van der Waals surface area (Å²) >= 11 is 0. The van der Waals surface area contributed by atoms with Gasteiger partial charge in [-0.2, -0.15) is 5.26 Å². The van der Waals surface area contributed by atoms with Crippen molar-refractivity contribution >= 4 is 0 Å². The summed E-state index contributed by atoms with van der Waals surface area (Å²) in [4.78, 5) is 0. The van der Waals surface area contributed by atoms with Crippen molar-refractivity contribution in [1.29, 1.82) is 5.26 Å². The average Bonchev–Trinajstić information content (AvgIpc) is 2.78. The third kappa shape index (κ3) is 2.58. The number of halogens is 1. The Morgan fingerprint density at radius 1 is 1.33 bits per heavy atom. The van der Waals surface area contributed by atoms with Gasteiger partial charge in [0, 0.05) is 18.4 Å². The predicted octanol–water partition coefficient (Wildman–Crippen LogP) is 2.05. The Morgan fingerprint density at radius 2 is 2.17 bits per heavy atom. The van der Waals surface area contributed by atoms with Crippen LogP contribution in [0.1, 0.15) is 16.8 Å². The summed E-state index contributed by atoms with van der Waals surface area (Å²) in [5, 5.41) is 9.01. The van der Waals surface area contributed by atoms with Crippen LogP contribution >= 0.6 is 0 Å². The Morgan fingerprint density at radius 3 is 2.89 bits per heavy atom. The minimum atomic E-state index is -0.323. The maximum absolute atomic E-state index is 13.2. The van der Waals surface area contributed by atoms with Crippen molar-refractivity contribution in [3.63, 3.8) is 0 Å². The Labute approximate surface area is 105 Å². The van der Waals surface area contributed by atoms with Crippen LogP contribution in [-0.2, 0) is 13.0 Å². The third-order valence-electron chi connectivity index (χ3n) is 2.85. The van der Waals surface area contributed by atoms with Crippen LogP contribution in [0.2, 0.25) is 0 Å². The number of hydrogen-bond donors (Lipinski definition) is 1. The van der Waals surface area contributed by atoms with Crippen LogP contribution in [0.4, 0.5) is 4.39 Å². The lowest BCUT2D eigenvalue weighted by molar-refractivity contribution is 0.622. The lowest BCUT2D eigenvalue weighted by Crippen LogP contribution is -2.10. The molecule has 3 nitrogen and oxygen atoms in total. The fourth-order valence-electron chi connectivity index (χ4n) is 1.96. The van der Waals surface area contributed by atoms with Gasteiger partial charge < -0.3 is 10.3 Å². The minimum absolute atomic E-state index is 0.323.